The van der Waals surface area contributed by atoms with Gasteiger partial charge in [-0.15, -0.1) is 0 Å². The second kappa shape index (κ2) is 6.94. The highest BCUT2D eigenvalue weighted by atomic mass is 28.4. The predicted molar refractivity (Wildman–Crippen MR) is 87.4 cm³/mol. The summed E-state index contributed by atoms with van der Waals surface area (Å²) in [5, 5.41) is 0. The molecule has 0 aromatic carbocycles. The summed E-state index contributed by atoms with van der Waals surface area (Å²) in [7, 11) is -2.55. The maximum atomic E-state index is 16.6. The van der Waals surface area contributed by atoms with Crippen molar-refractivity contribution in [3.63, 3.8) is 0 Å². The highest BCUT2D eigenvalue weighted by Crippen LogP contribution is 2.57. The summed E-state index contributed by atoms with van der Waals surface area (Å²) in [5.41, 5.74) is 1.63. The van der Waals surface area contributed by atoms with E-state index in [2.05, 4.69) is 0 Å². The summed E-state index contributed by atoms with van der Waals surface area (Å²) in [6.45, 7) is 0. The highest BCUT2D eigenvalue weighted by molar-refractivity contribution is 6.77. The Labute approximate surface area is 126 Å². The fraction of sp³-hybridized carbons (Fsp3) is 1.00. The van der Waals surface area contributed by atoms with Gasteiger partial charge in [0.05, 0.1) is 0 Å². The van der Waals surface area contributed by atoms with Gasteiger partial charge >= 0.3 is 0 Å². The van der Waals surface area contributed by atoms with Gasteiger partial charge in [-0.25, -0.2) is 0 Å². The van der Waals surface area contributed by atoms with Crippen molar-refractivity contribution in [1.82, 2.24) is 0 Å². The van der Waals surface area contributed by atoms with Crippen LogP contribution in [-0.2, 0) is 0 Å². The van der Waals surface area contributed by atoms with Crippen molar-refractivity contribution in [2.75, 3.05) is 0 Å². The van der Waals surface area contributed by atoms with Crippen molar-refractivity contribution in [2.45, 2.75) is 113 Å². The summed E-state index contributed by atoms with van der Waals surface area (Å²) in [6.07, 6.45) is 19.5. The lowest BCUT2D eigenvalue weighted by Crippen LogP contribution is -2.47. The minimum Gasteiger partial charge on any atom is -0.313 e. The van der Waals surface area contributed by atoms with E-state index in [1.807, 2.05) is 0 Å². The zero-order chi connectivity index (χ0) is 13.8. The first-order valence-corrected chi connectivity index (χ1v) is 11.6. The van der Waals surface area contributed by atoms with Crippen LogP contribution in [0.2, 0.25) is 16.6 Å². The summed E-state index contributed by atoms with van der Waals surface area (Å²) >= 11 is 0. The monoisotopic (exact) mass is 296 g/mol. The standard InChI is InChI=1S/C18H33FSi/c19-20(16-10-4-1-5-11-16,17-12-6-2-7-13-17)18-14-8-3-9-15-18/h16-18H,1-15H2. The van der Waals surface area contributed by atoms with Crippen LogP contribution in [0.3, 0.4) is 0 Å². The lowest BCUT2D eigenvalue weighted by atomic mass is 9.98. The summed E-state index contributed by atoms with van der Waals surface area (Å²) in [5.74, 6) is 0. The quantitative estimate of drug-likeness (QED) is 0.392. The molecule has 0 aliphatic heterocycles. The van der Waals surface area contributed by atoms with E-state index in [1.165, 1.54) is 96.3 Å². The molecule has 116 valence electrons. The Kier molecular flexibility index (Phi) is 5.22. The van der Waals surface area contributed by atoms with Crippen LogP contribution in [-0.4, -0.2) is 8.41 Å². The van der Waals surface area contributed by atoms with E-state index >= 15 is 4.11 Å². The van der Waals surface area contributed by atoms with Gasteiger partial charge in [0.2, 0.25) is 0 Å². The van der Waals surface area contributed by atoms with Crippen LogP contribution in [0.5, 0.6) is 0 Å². The third-order valence-corrected chi connectivity index (χ3v) is 12.2. The van der Waals surface area contributed by atoms with Gasteiger partial charge in [-0.3, -0.25) is 0 Å². The molecule has 3 saturated carbocycles. The van der Waals surface area contributed by atoms with Gasteiger partial charge in [-0.05, 0) is 16.6 Å². The minimum absolute atomic E-state index is 0.544. The van der Waals surface area contributed by atoms with Gasteiger partial charge in [0, 0.05) is 0 Å². The van der Waals surface area contributed by atoms with Crippen LogP contribution in [0, 0.1) is 0 Å². The Morgan fingerprint density at radius 3 is 0.950 bits per heavy atom. The first-order valence-electron chi connectivity index (χ1n) is 9.50. The second-order valence-electron chi connectivity index (χ2n) is 7.83. The molecule has 0 spiro atoms. The Hall–Kier alpha value is 0.147. The molecule has 0 atom stereocenters. The third kappa shape index (κ3) is 3.00. The van der Waals surface area contributed by atoms with Crippen LogP contribution in [0.25, 0.3) is 0 Å². The largest absolute Gasteiger partial charge is 0.313 e. The van der Waals surface area contributed by atoms with E-state index in [0.29, 0.717) is 16.6 Å². The number of halogens is 1. The van der Waals surface area contributed by atoms with Crippen LogP contribution >= 0.6 is 0 Å². The molecule has 3 aliphatic rings. The Morgan fingerprint density at radius 1 is 0.450 bits per heavy atom. The maximum Gasteiger partial charge on any atom is 0.256 e. The Bertz CT molecular complexity index is 240. The molecule has 0 radical (unpaired) electrons. The van der Waals surface area contributed by atoms with Crippen molar-refractivity contribution in [2.24, 2.45) is 0 Å². The fourth-order valence-corrected chi connectivity index (χ4v) is 11.5. The number of rotatable bonds is 3. The lowest BCUT2D eigenvalue weighted by Gasteiger charge is -2.46. The molecule has 0 amide bonds. The summed E-state index contributed by atoms with van der Waals surface area (Å²) in [6, 6.07) is 0. The van der Waals surface area contributed by atoms with Gasteiger partial charge in [0.15, 0.2) is 0 Å². The van der Waals surface area contributed by atoms with Crippen LogP contribution in [0.15, 0.2) is 0 Å². The molecule has 3 rings (SSSR count). The first-order chi connectivity index (χ1) is 9.82. The molecule has 3 aliphatic carbocycles. The average Bonchev–Trinajstić information content (AvgIpc) is 2.56. The zero-order valence-electron chi connectivity index (χ0n) is 13.2. The normalized spacial score (nSPS) is 28.6. The molecule has 0 N–H and O–H groups in total. The smallest absolute Gasteiger partial charge is 0.256 e. The lowest BCUT2D eigenvalue weighted by molar-refractivity contribution is 0.380. The number of hydrogen-bond acceptors (Lipinski definition) is 0. The molecule has 0 unspecified atom stereocenters. The van der Waals surface area contributed by atoms with E-state index < -0.39 is 8.41 Å². The fourth-order valence-electron chi connectivity index (χ4n) is 5.64. The van der Waals surface area contributed by atoms with Crippen molar-refractivity contribution in [1.29, 1.82) is 0 Å². The molecule has 0 heterocycles. The topological polar surface area (TPSA) is 0 Å². The van der Waals surface area contributed by atoms with Crippen molar-refractivity contribution >= 4 is 8.41 Å². The zero-order valence-corrected chi connectivity index (χ0v) is 14.2. The van der Waals surface area contributed by atoms with Crippen molar-refractivity contribution in [3.05, 3.63) is 0 Å². The van der Waals surface area contributed by atoms with Gasteiger partial charge in [0.1, 0.15) is 0 Å². The third-order valence-electron chi connectivity index (χ3n) is 6.69. The van der Waals surface area contributed by atoms with Crippen LogP contribution in [0.4, 0.5) is 4.11 Å². The van der Waals surface area contributed by atoms with Gasteiger partial charge in [0.25, 0.3) is 8.41 Å². The molecule has 0 aromatic heterocycles. The van der Waals surface area contributed by atoms with E-state index in [4.69, 9.17) is 0 Å². The van der Waals surface area contributed by atoms with Crippen molar-refractivity contribution in [3.8, 4) is 0 Å². The molecule has 0 saturated heterocycles. The van der Waals surface area contributed by atoms with E-state index in [-0.39, 0.29) is 0 Å². The molecule has 20 heavy (non-hydrogen) atoms. The van der Waals surface area contributed by atoms with Crippen LogP contribution in [0.1, 0.15) is 96.3 Å². The minimum atomic E-state index is -2.55. The molecular weight excluding hydrogens is 263 g/mol. The molecule has 2 heteroatoms. The van der Waals surface area contributed by atoms with Crippen molar-refractivity contribution < 1.29 is 4.11 Å². The van der Waals surface area contributed by atoms with Gasteiger partial charge < -0.3 is 4.11 Å². The van der Waals surface area contributed by atoms with E-state index in [0.717, 1.165) is 0 Å². The molecule has 0 aromatic rings. The highest BCUT2D eigenvalue weighted by Gasteiger charge is 2.54. The molecular formula is C18H33FSi. The van der Waals surface area contributed by atoms with Crippen LogP contribution < -0.4 is 0 Å². The Morgan fingerprint density at radius 2 is 0.700 bits per heavy atom. The van der Waals surface area contributed by atoms with Gasteiger partial charge in [-0.1, -0.05) is 96.3 Å². The SMILES string of the molecule is F[Si](C1CCCCC1)(C1CCCCC1)C1CCCCC1. The van der Waals surface area contributed by atoms with Gasteiger partial charge in [-0.2, -0.15) is 0 Å². The molecule has 3 fully saturated rings. The average molecular weight is 297 g/mol. The van der Waals surface area contributed by atoms with E-state index in [9.17, 15) is 0 Å². The Balaban J connectivity index is 1.79. The maximum absolute atomic E-state index is 16.6. The van der Waals surface area contributed by atoms with E-state index in [1.54, 1.807) is 0 Å². The summed E-state index contributed by atoms with van der Waals surface area (Å²) in [4.78, 5) is 0. The summed E-state index contributed by atoms with van der Waals surface area (Å²) < 4.78 is 16.6. The molecule has 0 nitrogen and oxygen atoms in total. The first kappa shape index (κ1) is 15.1. The molecule has 0 bridgehead atoms. The predicted octanol–water partition coefficient (Wildman–Crippen LogP) is 6.90. The number of hydrogen-bond donors (Lipinski definition) is 0. The second-order valence-corrected chi connectivity index (χ2v) is 11.9.